The zero-order chi connectivity index (χ0) is 13.7. The predicted molar refractivity (Wildman–Crippen MR) is 73.5 cm³/mol. The molecule has 0 bridgehead atoms. The molecule has 0 radical (unpaired) electrons. The number of carbonyl (C=O) groups is 1. The van der Waals surface area contributed by atoms with Crippen LogP contribution in [0.3, 0.4) is 0 Å². The highest BCUT2D eigenvalue weighted by Crippen LogP contribution is 2.40. The van der Waals surface area contributed by atoms with Crippen molar-refractivity contribution in [1.29, 1.82) is 0 Å². The van der Waals surface area contributed by atoms with Gasteiger partial charge in [0.15, 0.2) is 6.29 Å². The number of rotatable bonds is 8. The SMILES string of the molecule is NC(CSC1CCC1SCC(N)C(O)O)C(=O)O. The molecule has 0 amide bonds. The molecule has 0 spiro atoms. The first-order chi connectivity index (χ1) is 8.41. The average molecular weight is 296 g/mol. The Morgan fingerprint density at radius 1 is 1.17 bits per heavy atom. The molecule has 0 aliphatic heterocycles. The first kappa shape index (κ1) is 16.1. The molecule has 1 rings (SSSR count). The summed E-state index contributed by atoms with van der Waals surface area (Å²) in [6.45, 7) is 0. The van der Waals surface area contributed by atoms with Gasteiger partial charge in [-0.15, -0.1) is 0 Å². The summed E-state index contributed by atoms with van der Waals surface area (Å²) in [7, 11) is 0. The molecule has 6 nitrogen and oxygen atoms in total. The first-order valence-corrected chi connectivity index (χ1v) is 7.85. The molecule has 1 fully saturated rings. The smallest absolute Gasteiger partial charge is 0.321 e. The number of carboxylic acids is 1. The van der Waals surface area contributed by atoms with Crippen LogP contribution < -0.4 is 11.5 Å². The maximum absolute atomic E-state index is 10.6. The number of hydrogen-bond acceptors (Lipinski definition) is 7. The Morgan fingerprint density at radius 2 is 1.67 bits per heavy atom. The fourth-order valence-electron chi connectivity index (χ4n) is 1.44. The van der Waals surface area contributed by atoms with Gasteiger partial charge in [-0.2, -0.15) is 23.5 Å². The van der Waals surface area contributed by atoms with Gasteiger partial charge in [0.25, 0.3) is 0 Å². The van der Waals surface area contributed by atoms with E-state index in [0.717, 1.165) is 12.8 Å². The molecule has 1 aliphatic rings. The van der Waals surface area contributed by atoms with Crippen molar-refractivity contribution in [2.75, 3.05) is 11.5 Å². The van der Waals surface area contributed by atoms with Gasteiger partial charge >= 0.3 is 5.97 Å². The van der Waals surface area contributed by atoms with Gasteiger partial charge in [-0.05, 0) is 12.8 Å². The Morgan fingerprint density at radius 3 is 2.06 bits per heavy atom. The van der Waals surface area contributed by atoms with Gasteiger partial charge in [0.1, 0.15) is 6.04 Å². The minimum Gasteiger partial charge on any atom is -0.480 e. The van der Waals surface area contributed by atoms with Gasteiger partial charge in [-0.1, -0.05) is 0 Å². The minimum atomic E-state index is -1.48. The second-order valence-electron chi connectivity index (χ2n) is 4.34. The molecule has 0 aromatic heterocycles. The van der Waals surface area contributed by atoms with Crippen molar-refractivity contribution in [3.63, 3.8) is 0 Å². The molecule has 7 N–H and O–H groups in total. The molecule has 0 saturated heterocycles. The summed E-state index contributed by atoms with van der Waals surface area (Å²) >= 11 is 3.19. The van der Waals surface area contributed by atoms with E-state index < -0.39 is 24.3 Å². The van der Waals surface area contributed by atoms with Crippen LogP contribution in [0.15, 0.2) is 0 Å². The number of aliphatic hydroxyl groups is 2. The van der Waals surface area contributed by atoms with Crippen LogP contribution in [0.4, 0.5) is 0 Å². The summed E-state index contributed by atoms with van der Waals surface area (Å²) in [6.07, 6.45) is 0.619. The highest BCUT2D eigenvalue weighted by atomic mass is 32.2. The summed E-state index contributed by atoms with van der Waals surface area (Å²) in [4.78, 5) is 10.6. The van der Waals surface area contributed by atoms with Crippen molar-refractivity contribution in [3.8, 4) is 0 Å². The second-order valence-corrected chi connectivity index (χ2v) is 6.89. The van der Waals surface area contributed by atoms with Crippen molar-refractivity contribution in [2.45, 2.75) is 41.7 Å². The maximum atomic E-state index is 10.6. The van der Waals surface area contributed by atoms with Gasteiger partial charge in [0, 0.05) is 22.0 Å². The van der Waals surface area contributed by atoms with Crippen LogP contribution in [-0.4, -0.2) is 61.7 Å². The summed E-state index contributed by atoms with van der Waals surface area (Å²) in [5, 5.41) is 27.2. The van der Waals surface area contributed by atoms with Crippen LogP contribution in [-0.2, 0) is 4.79 Å². The lowest BCUT2D eigenvalue weighted by molar-refractivity contribution is -0.137. The van der Waals surface area contributed by atoms with Crippen LogP contribution in [0.2, 0.25) is 0 Å². The van der Waals surface area contributed by atoms with E-state index >= 15 is 0 Å². The Kier molecular flexibility index (Phi) is 6.75. The molecule has 1 aliphatic carbocycles. The zero-order valence-electron chi connectivity index (χ0n) is 9.94. The second kappa shape index (κ2) is 7.56. The molecule has 0 aromatic rings. The molecule has 8 heteroatoms. The normalized spacial score (nSPS) is 26.7. The highest BCUT2D eigenvalue weighted by molar-refractivity contribution is 8.04. The Balaban J connectivity index is 2.19. The molecular weight excluding hydrogens is 276 g/mol. The van der Waals surface area contributed by atoms with Crippen molar-refractivity contribution in [3.05, 3.63) is 0 Å². The van der Waals surface area contributed by atoms with Crippen LogP contribution in [0.25, 0.3) is 0 Å². The van der Waals surface area contributed by atoms with E-state index in [1.54, 1.807) is 23.5 Å². The van der Waals surface area contributed by atoms with Gasteiger partial charge < -0.3 is 26.8 Å². The number of carboxylic acid groups (broad SMARTS) is 1. The first-order valence-electron chi connectivity index (χ1n) is 5.75. The monoisotopic (exact) mass is 296 g/mol. The molecule has 0 aromatic carbocycles. The van der Waals surface area contributed by atoms with Crippen LogP contribution in [0.1, 0.15) is 12.8 Å². The molecule has 4 unspecified atom stereocenters. The molecule has 18 heavy (non-hydrogen) atoms. The number of aliphatic carboxylic acids is 1. The molecule has 4 atom stereocenters. The third-order valence-electron chi connectivity index (χ3n) is 2.84. The highest BCUT2D eigenvalue weighted by Gasteiger charge is 2.33. The van der Waals surface area contributed by atoms with Crippen LogP contribution in [0, 0.1) is 0 Å². The Hall–Kier alpha value is 0.01000. The lowest BCUT2D eigenvalue weighted by atomic mass is 9.99. The van der Waals surface area contributed by atoms with E-state index in [1.807, 2.05) is 0 Å². The van der Waals surface area contributed by atoms with Gasteiger partial charge in [-0.3, -0.25) is 4.79 Å². The van der Waals surface area contributed by atoms with E-state index in [0.29, 0.717) is 22.0 Å². The van der Waals surface area contributed by atoms with Gasteiger partial charge in [0.2, 0.25) is 0 Å². The predicted octanol–water partition coefficient (Wildman–Crippen LogP) is -0.966. The lowest BCUT2D eigenvalue weighted by Gasteiger charge is -2.36. The molecule has 1 saturated carbocycles. The Bertz CT molecular complexity index is 281. The van der Waals surface area contributed by atoms with E-state index in [1.165, 1.54) is 0 Å². The van der Waals surface area contributed by atoms with Crippen molar-refractivity contribution >= 4 is 29.5 Å². The summed E-state index contributed by atoms with van der Waals surface area (Å²) in [5.74, 6) is -0.0766. The van der Waals surface area contributed by atoms with Crippen molar-refractivity contribution < 1.29 is 20.1 Å². The van der Waals surface area contributed by atoms with Crippen LogP contribution >= 0.6 is 23.5 Å². The van der Waals surface area contributed by atoms with Crippen molar-refractivity contribution in [2.24, 2.45) is 11.5 Å². The molecule has 0 heterocycles. The fourth-order valence-corrected chi connectivity index (χ4v) is 4.46. The number of thioether (sulfide) groups is 2. The molecular formula is C10H20N2O4S2. The molecule has 106 valence electrons. The summed E-state index contributed by atoms with van der Waals surface area (Å²) in [6, 6.07) is -1.45. The zero-order valence-corrected chi connectivity index (χ0v) is 11.6. The summed E-state index contributed by atoms with van der Waals surface area (Å²) in [5.41, 5.74) is 11.0. The van der Waals surface area contributed by atoms with Gasteiger partial charge in [0.05, 0.1) is 6.04 Å². The van der Waals surface area contributed by atoms with Gasteiger partial charge in [-0.25, -0.2) is 0 Å². The van der Waals surface area contributed by atoms with Crippen LogP contribution in [0.5, 0.6) is 0 Å². The number of aliphatic hydroxyl groups excluding tert-OH is 1. The number of nitrogens with two attached hydrogens (primary N) is 2. The average Bonchev–Trinajstić information content (AvgIpc) is 2.27. The third-order valence-corrected chi connectivity index (χ3v) is 6.13. The third kappa shape index (κ3) is 4.94. The van der Waals surface area contributed by atoms with E-state index in [-0.39, 0.29) is 0 Å². The largest absolute Gasteiger partial charge is 0.480 e. The standard InChI is InChI=1S/C10H20N2O4S2/c11-5(9(13)14)3-17-7-1-2-8(7)18-4-6(12)10(15)16/h5-9,13-14H,1-4,11-12H2,(H,15,16). The fraction of sp³-hybridized carbons (Fsp3) is 0.900. The van der Waals surface area contributed by atoms with E-state index in [2.05, 4.69) is 0 Å². The van der Waals surface area contributed by atoms with E-state index in [9.17, 15) is 4.79 Å². The minimum absolute atomic E-state index is 0.392. The Labute approximate surface area is 114 Å². The number of hydrogen-bond donors (Lipinski definition) is 5. The van der Waals surface area contributed by atoms with Crippen molar-refractivity contribution in [1.82, 2.24) is 0 Å². The maximum Gasteiger partial charge on any atom is 0.321 e. The topological polar surface area (TPSA) is 130 Å². The lowest BCUT2D eigenvalue weighted by Crippen LogP contribution is -2.40. The quantitative estimate of drug-likeness (QED) is 0.362. The van der Waals surface area contributed by atoms with E-state index in [4.69, 9.17) is 26.8 Å². The summed E-state index contributed by atoms with van der Waals surface area (Å²) < 4.78 is 0.